The van der Waals surface area contributed by atoms with E-state index >= 15 is 0 Å². The molecule has 0 saturated carbocycles. The number of sulfone groups is 1. The molecule has 6 heteroatoms. The Morgan fingerprint density at radius 2 is 1.79 bits per heavy atom. The number of carbonyl (C=O) groups is 1. The number of carbonyl (C=O) groups excluding carboxylic acids is 1. The number of hydrogen-bond donors (Lipinski definition) is 0. The minimum absolute atomic E-state index is 0.00843. The van der Waals surface area contributed by atoms with Crippen LogP contribution in [0.5, 0.6) is 0 Å². The molecule has 1 aromatic carbocycles. The summed E-state index contributed by atoms with van der Waals surface area (Å²) in [7, 11) is -2.44. The van der Waals surface area contributed by atoms with Crippen LogP contribution in [0.15, 0.2) is 58.5 Å². The first kappa shape index (κ1) is 13.2. The van der Waals surface area contributed by atoms with E-state index in [1.807, 2.05) is 0 Å². The molecule has 0 fully saturated rings. The summed E-state index contributed by atoms with van der Waals surface area (Å²) in [5, 5.41) is 0. The van der Waals surface area contributed by atoms with E-state index in [0.29, 0.717) is 0 Å². The Hall–Kier alpha value is -2.21. The molecule has 0 radical (unpaired) electrons. The Morgan fingerprint density at radius 1 is 1.11 bits per heavy atom. The summed E-state index contributed by atoms with van der Waals surface area (Å²) in [5.74, 6) is -0.676. The third-order valence-corrected chi connectivity index (χ3v) is 4.26. The zero-order chi connectivity index (χ0) is 13.9. The van der Waals surface area contributed by atoms with Gasteiger partial charge in [-0.3, -0.25) is 0 Å². The molecule has 1 heterocycles. The SMILES string of the molecule is COC(=O)c1cc(S(=O)(=O)c2ccccc2)ccn1. The molecule has 98 valence electrons. The van der Waals surface area contributed by atoms with E-state index in [1.54, 1.807) is 18.2 Å². The van der Waals surface area contributed by atoms with Gasteiger partial charge >= 0.3 is 5.97 Å². The Kier molecular flexibility index (Phi) is 3.62. The van der Waals surface area contributed by atoms with Crippen LogP contribution in [0.3, 0.4) is 0 Å². The Morgan fingerprint density at radius 3 is 2.42 bits per heavy atom. The molecule has 0 amide bonds. The van der Waals surface area contributed by atoms with Crippen molar-refractivity contribution in [2.75, 3.05) is 7.11 Å². The van der Waals surface area contributed by atoms with E-state index in [0.717, 1.165) is 0 Å². The number of hydrogen-bond acceptors (Lipinski definition) is 5. The Balaban J connectivity index is 2.51. The predicted molar refractivity (Wildman–Crippen MR) is 67.5 cm³/mol. The lowest BCUT2D eigenvalue weighted by molar-refractivity contribution is 0.0593. The summed E-state index contributed by atoms with van der Waals surface area (Å²) in [6, 6.07) is 10.5. The highest BCUT2D eigenvalue weighted by Gasteiger charge is 2.19. The maximum absolute atomic E-state index is 12.3. The van der Waals surface area contributed by atoms with Crippen LogP contribution >= 0.6 is 0 Å². The molecule has 0 atom stereocenters. The van der Waals surface area contributed by atoms with Gasteiger partial charge < -0.3 is 4.74 Å². The van der Waals surface area contributed by atoms with Crippen molar-refractivity contribution in [3.05, 3.63) is 54.4 Å². The fraction of sp³-hybridized carbons (Fsp3) is 0.0769. The van der Waals surface area contributed by atoms with E-state index in [4.69, 9.17) is 0 Å². The summed E-state index contributed by atoms with van der Waals surface area (Å²) < 4.78 is 29.1. The van der Waals surface area contributed by atoms with Gasteiger partial charge in [0.15, 0.2) is 0 Å². The van der Waals surface area contributed by atoms with Crippen LogP contribution in [0, 0.1) is 0 Å². The summed E-state index contributed by atoms with van der Waals surface area (Å²) in [6.45, 7) is 0. The van der Waals surface area contributed by atoms with Crippen LogP contribution < -0.4 is 0 Å². The van der Waals surface area contributed by atoms with Crippen molar-refractivity contribution in [2.45, 2.75) is 9.79 Å². The highest BCUT2D eigenvalue weighted by atomic mass is 32.2. The largest absolute Gasteiger partial charge is 0.464 e. The predicted octanol–water partition coefficient (Wildman–Crippen LogP) is 1.70. The number of methoxy groups -OCH3 is 1. The third kappa shape index (κ3) is 2.63. The normalized spacial score (nSPS) is 11.0. The molecule has 0 aliphatic rings. The number of aromatic nitrogens is 1. The summed E-state index contributed by atoms with van der Waals surface area (Å²) in [4.78, 5) is 15.3. The molecule has 0 unspecified atom stereocenters. The summed E-state index contributed by atoms with van der Waals surface area (Å²) >= 11 is 0. The van der Waals surface area contributed by atoms with Crippen LogP contribution in [-0.4, -0.2) is 26.5 Å². The monoisotopic (exact) mass is 277 g/mol. The maximum atomic E-state index is 12.3. The van der Waals surface area contributed by atoms with Crippen molar-refractivity contribution in [3.63, 3.8) is 0 Å². The number of pyridine rings is 1. The van der Waals surface area contributed by atoms with Gasteiger partial charge in [-0.05, 0) is 24.3 Å². The van der Waals surface area contributed by atoms with Gasteiger partial charge in [0.2, 0.25) is 9.84 Å². The molecule has 2 rings (SSSR count). The summed E-state index contributed by atoms with van der Waals surface area (Å²) in [6.07, 6.45) is 1.27. The smallest absolute Gasteiger partial charge is 0.356 e. The van der Waals surface area contributed by atoms with Gasteiger partial charge in [0.25, 0.3) is 0 Å². The second-order valence-electron chi connectivity index (χ2n) is 3.68. The van der Waals surface area contributed by atoms with E-state index in [9.17, 15) is 13.2 Å². The first-order valence-electron chi connectivity index (χ1n) is 5.40. The fourth-order valence-corrected chi connectivity index (χ4v) is 2.82. The van der Waals surface area contributed by atoms with E-state index in [-0.39, 0.29) is 15.5 Å². The number of benzene rings is 1. The van der Waals surface area contributed by atoms with Gasteiger partial charge in [0, 0.05) is 6.20 Å². The van der Waals surface area contributed by atoms with Crippen molar-refractivity contribution >= 4 is 15.8 Å². The van der Waals surface area contributed by atoms with Gasteiger partial charge in [0.05, 0.1) is 16.9 Å². The third-order valence-electron chi connectivity index (χ3n) is 2.49. The molecule has 19 heavy (non-hydrogen) atoms. The van der Waals surface area contributed by atoms with Crippen molar-refractivity contribution in [1.82, 2.24) is 4.98 Å². The molecule has 0 spiro atoms. The van der Waals surface area contributed by atoms with Crippen molar-refractivity contribution in [1.29, 1.82) is 0 Å². The first-order chi connectivity index (χ1) is 9.05. The summed E-state index contributed by atoms with van der Waals surface area (Å²) in [5.41, 5.74) is -0.0421. The Bertz CT molecular complexity index is 696. The Labute approximate surface area is 110 Å². The highest BCUT2D eigenvalue weighted by Crippen LogP contribution is 2.20. The second-order valence-corrected chi connectivity index (χ2v) is 5.63. The molecule has 2 aromatic rings. The zero-order valence-corrected chi connectivity index (χ0v) is 10.9. The minimum Gasteiger partial charge on any atom is -0.464 e. The standard InChI is InChI=1S/C13H11NO4S/c1-18-13(15)12-9-11(7-8-14-12)19(16,17)10-5-3-2-4-6-10/h2-9H,1H3. The molecular formula is C13H11NO4S. The number of ether oxygens (including phenoxy) is 1. The number of rotatable bonds is 3. The lowest BCUT2D eigenvalue weighted by atomic mass is 10.3. The first-order valence-corrected chi connectivity index (χ1v) is 6.88. The van der Waals surface area contributed by atoms with Crippen molar-refractivity contribution in [2.24, 2.45) is 0 Å². The van der Waals surface area contributed by atoms with E-state index in [2.05, 4.69) is 9.72 Å². The molecule has 0 bridgehead atoms. The molecule has 0 saturated heterocycles. The second kappa shape index (κ2) is 5.19. The zero-order valence-electron chi connectivity index (χ0n) is 10.1. The average Bonchev–Trinajstić information content (AvgIpc) is 2.47. The maximum Gasteiger partial charge on any atom is 0.356 e. The van der Waals surface area contributed by atoms with Crippen LogP contribution in [0.2, 0.25) is 0 Å². The van der Waals surface area contributed by atoms with Crippen molar-refractivity contribution < 1.29 is 17.9 Å². The number of nitrogens with zero attached hydrogens (tertiary/aromatic N) is 1. The lowest BCUT2D eigenvalue weighted by Crippen LogP contribution is -2.07. The van der Waals surface area contributed by atoms with Crippen LogP contribution in [0.4, 0.5) is 0 Å². The van der Waals surface area contributed by atoms with Gasteiger partial charge in [-0.25, -0.2) is 18.2 Å². The van der Waals surface area contributed by atoms with Gasteiger partial charge in [-0.2, -0.15) is 0 Å². The topological polar surface area (TPSA) is 73.3 Å². The van der Waals surface area contributed by atoms with Crippen LogP contribution in [0.1, 0.15) is 10.5 Å². The van der Waals surface area contributed by atoms with Gasteiger partial charge in [0.1, 0.15) is 5.69 Å². The van der Waals surface area contributed by atoms with Crippen molar-refractivity contribution in [3.8, 4) is 0 Å². The molecule has 0 N–H and O–H groups in total. The molecule has 5 nitrogen and oxygen atoms in total. The minimum atomic E-state index is -3.65. The quantitative estimate of drug-likeness (QED) is 0.798. The molecule has 0 aliphatic carbocycles. The van der Waals surface area contributed by atoms with Gasteiger partial charge in [-0.1, -0.05) is 18.2 Å². The van der Waals surface area contributed by atoms with Crippen LogP contribution in [-0.2, 0) is 14.6 Å². The van der Waals surface area contributed by atoms with E-state index in [1.165, 1.54) is 37.6 Å². The lowest BCUT2D eigenvalue weighted by Gasteiger charge is -2.05. The van der Waals surface area contributed by atoms with E-state index < -0.39 is 15.8 Å². The van der Waals surface area contributed by atoms with Crippen LogP contribution in [0.25, 0.3) is 0 Å². The molecule has 0 aliphatic heterocycles. The number of esters is 1. The molecule has 1 aromatic heterocycles. The fourth-order valence-electron chi connectivity index (χ4n) is 1.53. The molecular weight excluding hydrogens is 266 g/mol. The van der Waals surface area contributed by atoms with Gasteiger partial charge in [-0.15, -0.1) is 0 Å². The highest BCUT2D eigenvalue weighted by molar-refractivity contribution is 7.91. The average molecular weight is 277 g/mol.